The van der Waals surface area contributed by atoms with Crippen LogP contribution in [-0.2, 0) is 0 Å². The second-order valence-corrected chi connectivity index (χ2v) is 6.10. The second-order valence-electron chi connectivity index (χ2n) is 4.85. The predicted molar refractivity (Wildman–Crippen MR) is 96.1 cm³/mol. The molecule has 2 N–H and O–H groups in total. The van der Waals surface area contributed by atoms with Crippen molar-refractivity contribution in [3.05, 3.63) is 63.1 Å². The Hall–Kier alpha value is -1.62. The molecule has 0 unspecified atom stereocenters. The number of anilines is 1. The van der Waals surface area contributed by atoms with Crippen molar-refractivity contribution in [1.29, 1.82) is 0 Å². The Morgan fingerprint density at radius 2 is 1.82 bits per heavy atom. The van der Waals surface area contributed by atoms with E-state index in [-0.39, 0.29) is 11.0 Å². The van der Waals surface area contributed by atoms with Crippen LogP contribution in [0.25, 0.3) is 0 Å². The highest BCUT2D eigenvalue weighted by molar-refractivity contribution is 7.80. The highest BCUT2D eigenvalue weighted by Crippen LogP contribution is 2.25. The van der Waals surface area contributed by atoms with Gasteiger partial charge in [0.2, 0.25) is 0 Å². The maximum Gasteiger partial charge on any atom is 0.257 e. The molecule has 114 valence electrons. The summed E-state index contributed by atoms with van der Waals surface area (Å²) in [5.41, 5.74) is 3.11. The van der Waals surface area contributed by atoms with Crippen molar-refractivity contribution in [2.24, 2.45) is 0 Å². The molecule has 0 atom stereocenters. The fraction of sp³-hybridized carbons (Fsp3) is 0.125. The fourth-order valence-corrected chi connectivity index (χ4v) is 2.53. The molecule has 3 nitrogen and oxygen atoms in total. The van der Waals surface area contributed by atoms with Crippen LogP contribution in [0.2, 0.25) is 10.0 Å². The van der Waals surface area contributed by atoms with Gasteiger partial charge in [0.15, 0.2) is 5.11 Å². The van der Waals surface area contributed by atoms with E-state index < -0.39 is 0 Å². The van der Waals surface area contributed by atoms with Gasteiger partial charge in [-0.25, -0.2) is 0 Å². The lowest BCUT2D eigenvalue weighted by atomic mass is 10.1. The third kappa shape index (κ3) is 4.19. The first-order valence-corrected chi connectivity index (χ1v) is 7.68. The Bertz CT molecular complexity index is 747. The number of aryl methyl sites for hydroxylation is 2. The molecule has 22 heavy (non-hydrogen) atoms. The van der Waals surface area contributed by atoms with E-state index in [1.165, 1.54) is 0 Å². The van der Waals surface area contributed by atoms with Crippen molar-refractivity contribution < 1.29 is 4.79 Å². The molecule has 1 amide bonds. The molecule has 0 fully saturated rings. The van der Waals surface area contributed by atoms with Crippen LogP contribution in [-0.4, -0.2) is 11.0 Å². The van der Waals surface area contributed by atoms with Crippen LogP contribution in [0.1, 0.15) is 21.5 Å². The lowest BCUT2D eigenvalue weighted by molar-refractivity contribution is 0.0977. The smallest absolute Gasteiger partial charge is 0.257 e. The molecule has 6 heteroatoms. The number of amides is 1. The van der Waals surface area contributed by atoms with Crippen LogP contribution in [0.5, 0.6) is 0 Å². The van der Waals surface area contributed by atoms with Gasteiger partial charge in [0, 0.05) is 10.6 Å². The number of thiocarbonyl (C=S) groups is 1. The number of rotatable bonds is 2. The Morgan fingerprint density at radius 1 is 1.09 bits per heavy atom. The van der Waals surface area contributed by atoms with E-state index in [1.807, 2.05) is 26.0 Å². The summed E-state index contributed by atoms with van der Waals surface area (Å²) >= 11 is 17.1. The molecule has 0 saturated carbocycles. The monoisotopic (exact) mass is 352 g/mol. The molecule has 2 rings (SSSR count). The molecule has 0 aromatic heterocycles. The van der Waals surface area contributed by atoms with Gasteiger partial charge in [0.25, 0.3) is 5.91 Å². The highest BCUT2D eigenvalue weighted by atomic mass is 35.5. The van der Waals surface area contributed by atoms with E-state index in [2.05, 4.69) is 10.6 Å². The van der Waals surface area contributed by atoms with Crippen molar-refractivity contribution in [2.45, 2.75) is 13.8 Å². The molecule has 0 heterocycles. The highest BCUT2D eigenvalue weighted by Gasteiger charge is 2.11. The average molecular weight is 353 g/mol. The van der Waals surface area contributed by atoms with Gasteiger partial charge in [-0.3, -0.25) is 10.1 Å². The van der Waals surface area contributed by atoms with Crippen LogP contribution in [0.3, 0.4) is 0 Å². The first-order chi connectivity index (χ1) is 10.4. The van der Waals surface area contributed by atoms with E-state index in [4.69, 9.17) is 35.4 Å². The summed E-state index contributed by atoms with van der Waals surface area (Å²) in [4.78, 5) is 12.2. The zero-order valence-electron chi connectivity index (χ0n) is 12.0. The third-order valence-corrected chi connectivity index (χ3v) is 3.80. The molecular formula is C16H14Cl2N2OS. The van der Waals surface area contributed by atoms with Gasteiger partial charge in [-0.05, 0) is 55.9 Å². The van der Waals surface area contributed by atoms with E-state index in [0.717, 1.165) is 11.1 Å². The number of halogens is 2. The van der Waals surface area contributed by atoms with Crippen molar-refractivity contribution in [3.63, 3.8) is 0 Å². The molecule has 0 saturated heterocycles. The van der Waals surface area contributed by atoms with Crippen molar-refractivity contribution in [2.75, 3.05) is 5.32 Å². The number of carbonyl (C=O) groups is 1. The molecule has 0 radical (unpaired) electrons. The second kappa shape index (κ2) is 7.09. The van der Waals surface area contributed by atoms with Crippen LogP contribution >= 0.6 is 35.4 Å². The van der Waals surface area contributed by atoms with Gasteiger partial charge in [-0.15, -0.1) is 0 Å². The van der Waals surface area contributed by atoms with Gasteiger partial charge in [0.05, 0.1) is 10.7 Å². The van der Waals surface area contributed by atoms with Crippen LogP contribution in [0.15, 0.2) is 36.4 Å². The number of nitrogens with one attached hydrogen (secondary N) is 2. The van der Waals surface area contributed by atoms with Gasteiger partial charge in [-0.2, -0.15) is 0 Å². The quantitative estimate of drug-likeness (QED) is 0.767. The molecule has 0 bridgehead atoms. The van der Waals surface area contributed by atoms with E-state index in [1.54, 1.807) is 24.3 Å². The molecule has 0 spiro atoms. The largest absolute Gasteiger partial charge is 0.331 e. The Kier molecular flexibility index (Phi) is 5.40. The summed E-state index contributed by atoms with van der Waals surface area (Å²) < 4.78 is 0. The van der Waals surface area contributed by atoms with Crippen molar-refractivity contribution >= 4 is 52.1 Å². The zero-order valence-corrected chi connectivity index (χ0v) is 14.4. The maximum atomic E-state index is 12.2. The zero-order chi connectivity index (χ0) is 16.3. The van der Waals surface area contributed by atoms with Gasteiger partial charge in [0.1, 0.15) is 0 Å². The molecule has 0 aliphatic rings. The van der Waals surface area contributed by atoms with Gasteiger partial charge < -0.3 is 5.32 Å². The standard InChI is InChI=1S/C16H14Cl2N2OS/c1-9-3-5-12(10(2)7-9)15(21)20-16(22)19-14-8-11(17)4-6-13(14)18/h3-8H,1-2H3,(H2,19,20,21,22). The Labute approximate surface area is 144 Å². The summed E-state index contributed by atoms with van der Waals surface area (Å²) in [6.45, 7) is 3.86. The summed E-state index contributed by atoms with van der Waals surface area (Å²) in [6.07, 6.45) is 0. The Morgan fingerprint density at radius 3 is 2.50 bits per heavy atom. The summed E-state index contributed by atoms with van der Waals surface area (Å²) in [6, 6.07) is 10.6. The molecular weight excluding hydrogens is 339 g/mol. The normalized spacial score (nSPS) is 10.2. The minimum atomic E-state index is -0.270. The van der Waals surface area contributed by atoms with Crippen LogP contribution in [0.4, 0.5) is 5.69 Å². The first kappa shape index (κ1) is 16.7. The summed E-state index contributed by atoms with van der Waals surface area (Å²) in [7, 11) is 0. The number of hydrogen-bond donors (Lipinski definition) is 2. The lowest BCUT2D eigenvalue weighted by Gasteiger charge is -2.12. The third-order valence-electron chi connectivity index (χ3n) is 3.03. The number of benzene rings is 2. The fourth-order valence-electron chi connectivity index (χ4n) is 1.99. The van der Waals surface area contributed by atoms with E-state index in [0.29, 0.717) is 21.3 Å². The minimum Gasteiger partial charge on any atom is -0.331 e. The first-order valence-electron chi connectivity index (χ1n) is 6.51. The molecule has 0 aliphatic carbocycles. The Balaban J connectivity index is 2.08. The summed E-state index contributed by atoms with van der Waals surface area (Å²) in [5, 5.41) is 6.65. The van der Waals surface area contributed by atoms with Crippen molar-refractivity contribution in [1.82, 2.24) is 5.32 Å². The lowest BCUT2D eigenvalue weighted by Crippen LogP contribution is -2.34. The van der Waals surface area contributed by atoms with E-state index >= 15 is 0 Å². The maximum absolute atomic E-state index is 12.2. The van der Waals surface area contributed by atoms with Crippen molar-refractivity contribution in [3.8, 4) is 0 Å². The van der Waals surface area contributed by atoms with Crippen LogP contribution < -0.4 is 10.6 Å². The number of hydrogen-bond acceptors (Lipinski definition) is 2. The average Bonchev–Trinajstić information content (AvgIpc) is 2.42. The molecule has 2 aromatic carbocycles. The topological polar surface area (TPSA) is 41.1 Å². The van der Waals surface area contributed by atoms with Gasteiger partial charge >= 0.3 is 0 Å². The van der Waals surface area contributed by atoms with Crippen LogP contribution in [0, 0.1) is 13.8 Å². The molecule has 0 aliphatic heterocycles. The van der Waals surface area contributed by atoms with Gasteiger partial charge in [-0.1, -0.05) is 40.9 Å². The predicted octanol–water partition coefficient (Wildman–Crippen LogP) is 4.74. The van der Waals surface area contributed by atoms with E-state index in [9.17, 15) is 4.79 Å². The SMILES string of the molecule is Cc1ccc(C(=O)NC(=S)Nc2cc(Cl)ccc2Cl)c(C)c1. The molecule has 2 aromatic rings. The summed E-state index contributed by atoms with van der Waals surface area (Å²) in [5.74, 6) is -0.270. The minimum absolute atomic E-state index is 0.161. The number of carbonyl (C=O) groups excluding carboxylic acids is 1.